The Morgan fingerprint density at radius 1 is 1.03 bits per heavy atom. The average molecular weight is 423 g/mol. The number of aromatic nitrogens is 3. The first kappa shape index (κ1) is 19.4. The zero-order valence-corrected chi connectivity index (χ0v) is 15.6. The Balaban J connectivity index is 1.67. The molecule has 1 aromatic carbocycles. The molecular weight excluding hydrogens is 405 g/mol. The summed E-state index contributed by atoms with van der Waals surface area (Å²) in [6.07, 6.45) is -2.70. The number of pyridine rings is 1. The number of nitrogens with zero attached hydrogens (tertiary/aromatic N) is 3. The fourth-order valence-corrected chi connectivity index (χ4v) is 4.63. The number of hydrogen-bond donors (Lipinski definition) is 2. The van der Waals surface area contributed by atoms with E-state index in [1.165, 1.54) is 18.3 Å². The van der Waals surface area contributed by atoms with Crippen molar-refractivity contribution in [2.75, 3.05) is 0 Å². The van der Waals surface area contributed by atoms with E-state index in [9.17, 15) is 22.0 Å². The van der Waals surface area contributed by atoms with E-state index in [1.54, 1.807) is 18.2 Å². The van der Waals surface area contributed by atoms with Crippen LogP contribution in [0.5, 0.6) is 0 Å². The van der Waals surface area contributed by atoms with Gasteiger partial charge in [0.2, 0.25) is 0 Å². The van der Waals surface area contributed by atoms with Crippen LogP contribution >= 0.6 is 0 Å². The minimum atomic E-state index is -4.68. The quantitative estimate of drug-likeness (QED) is 0.479. The van der Waals surface area contributed by atoms with Crippen LogP contribution in [0.1, 0.15) is 36.6 Å². The van der Waals surface area contributed by atoms with Crippen LogP contribution in [0.2, 0.25) is 0 Å². The van der Waals surface area contributed by atoms with Gasteiger partial charge >= 0.3 is 6.18 Å². The van der Waals surface area contributed by atoms with Crippen molar-refractivity contribution < 1.29 is 22.0 Å². The molecule has 3 aromatic rings. The largest absolute Gasteiger partial charge is 0.453 e. The zero-order valence-electron chi connectivity index (χ0n) is 15.6. The third-order valence-corrected chi connectivity index (χ3v) is 6.04. The molecular formula is C20H18F5N5. The maximum absolute atomic E-state index is 14.3. The van der Waals surface area contributed by atoms with Gasteiger partial charge in [0.15, 0.2) is 11.9 Å². The summed E-state index contributed by atoms with van der Waals surface area (Å²) in [7, 11) is 0. The molecule has 0 spiro atoms. The van der Waals surface area contributed by atoms with Crippen LogP contribution in [0.3, 0.4) is 0 Å². The van der Waals surface area contributed by atoms with Gasteiger partial charge in [-0.1, -0.05) is 12.1 Å². The van der Waals surface area contributed by atoms with Crippen molar-refractivity contribution >= 4 is 5.65 Å². The van der Waals surface area contributed by atoms with E-state index in [-0.39, 0.29) is 23.5 Å². The lowest BCUT2D eigenvalue weighted by Crippen LogP contribution is -2.34. The molecule has 0 bridgehead atoms. The number of halogens is 5. The second-order valence-electron chi connectivity index (χ2n) is 7.82. The van der Waals surface area contributed by atoms with Crippen molar-refractivity contribution in [2.45, 2.75) is 43.7 Å². The highest BCUT2D eigenvalue weighted by Gasteiger charge is 2.43. The molecule has 10 heteroatoms. The molecule has 5 rings (SSSR count). The Hall–Kier alpha value is -2.59. The highest BCUT2D eigenvalue weighted by Crippen LogP contribution is 2.44. The molecule has 1 saturated carbocycles. The van der Waals surface area contributed by atoms with Crippen LogP contribution in [0, 0.1) is 11.7 Å². The minimum absolute atomic E-state index is 0.0196. The van der Waals surface area contributed by atoms with Gasteiger partial charge in [-0.25, -0.2) is 23.7 Å². The highest BCUT2D eigenvalue weighted by atomic mass is 19.4. The summed E-state index contributed by atoms with van der Waals surface area (Å²) < 4.78 is 68.6. The Morgan fingerprint density at radius 3 is 2.53 bits per heavy atom. The molecule has 0 amide bonds. The molecule has 1 saturated heterocycles. The molecule has 1 aliphatic carbocycles. The Morgan fingerprint density at radius 2 is 1.80 bits per heavy atom. The van der Waals surface area contributed by atoms with E-state index in [2.05, 4.69) is 20.9 Å². The number of fused-ring (bicyclic) bond motifs is 2. The lowest BCUT2D eigenvalue weighted by molar-refractivity contribution is -0.144. The van der Waals surface area contributed by atoms with Crippen LogP contribution in [0.4, 0.5) is 22.0 Å². The summed E-state index contributed by atoms with van der Waals surface area (Å²) >= 11 is 0. The van der Waals surface area contributed by atoms with Gasteiger partial charge in [0.25, 0.3) is 5.82 Å². The third-order valence-electron chi connectivity index (χ3n) is 6.04. The predicted molar refractivity (Wildman–Crippen MR) is 98.4 cm³/mol. The average Bonchev–Trinajstić information content (AvgIpc) is 3.31. The topological polar surface area (TPSA) is 54.2 Å². The van der Waals surface area contributed by atoms with E-state index >= 15 is 0 Å². The van der Waals surface area contributed by atoms with Crippen molar-refractivity contribution in [3.05, 3.63) is 53.7 Å². The molecule has 2 aliphatic rings. The normalized spacial score (nSPS) is 26.8. The highest BCUT2D eigenvalue weighted by molar-refractivity contribution is 5.74. The molecule has 4 unspecified atom stereocenters. The Kier molecular flexibility index (Phi) is 4.51. The molecule has 1 aliphatic heterocycles. The number of hydrogen-bond acceptors (Lipinski definition) is 4. The number of nitrogens with one attached hydrogen (secondary N) is 2. The molecule has 0 radical (unpaired) electrons. The van der Waals surface area contributed by atoms with Gasteiger partial charge in [-0.2, -0.15) is 13.2 Å². The predicted octanol–water partition coefficient (Wildman–Crippen LogP) is 4.21. The van der Waals surface area contributed by atoms with E-state index in [4.69, 9.17) is 0 Å². The fourth-order valence-electron chi connectivity index (χ4n) is 4.63. The molecule has 5 nitrogen and oxygen atoms in total. The Bertz CT molecular complexity index is 1080. The van der Waals surface area contributed by atoms with E-state index in [1.807, 2.05) is 0 Å². The SMILES string of the molecule is Fc1ccc(-c2ccn3nc(C(F)(F)F)nc3c2C2CCC3NNC(F)C3C2)cc1. The lowest BCUT2D eigenvalue weighted by Gasteiger charge is -2.32. The summed E-state index contributed by atoms with van der Waals surface area (Å²) in [4.78, 5) is 3.80. The molecule has 30 heavy (non-hydrogen) atoms. The molecule has 2 aromatic heterocycles. The molecule has 2 N–H and O–H groups in total. The van der Waals surface area contributed by atoms with E-state index in [0.29, 0.717) is 36.0 Å². The van der Waals surface area contributed by atoms with Crippen molar-refractivity contribution in [2.24, 2.45) is 5.92 Å². The van der Waals surface area contributed by atoms with Gasteiger partial charge in [0.1, 0.15) is 5.82 Å². The first-order valence-electron chi connectivity index (χ1n) is 9.69. The monoisotopic (exact) mass is 423 g/mol. The summed E-state index contributed by atoms with van der Waals surface area (Å²) in [5.41, 5.74) is 7.55. The van der Waals surface area contributed by atoms with Crippen molar-refractivity contribution in [3.8, 4) is 11.1 Å². The second kappa shape index (κ2) is 6.98. The van der Waals surface area contributed by atoms with Crippen molar-refractivity contribution in [3.63, 3.8) is 0 Å². The maximum Gasteiger partial charge on any atom is 0.453 e. The van der Waals surface area contributed by atoms with Crippen molar-refractivity contribution in [1.29, 1.82) is 0 Å². The summed E-state index contributed by atoms with van der Waals surface area (Å²) in [6, 6.07) is 7.39. The zero-order chi connectivity index (χ0) is 21.0. The Labute approximate surface area is 168 Å². The number of hydrazine groups is 1. The molecule has 2 fully saturated rings. The summed E-state index contributed by atoms with van der Waals surface area (Å²) in [5, 5.41) is 3.59. The second-order valence-corrected chi connectivity index (χ2v) is 7.82. The van der Waals surface area contributed by atoms with Crippen LogP contribution in [0.15, 0.2) is 36.5 Å². The van der Waals surface area contributed by atoms with Crippen LogP contribution in [0.25, 0.3) is 16.8 Å². The number of rotatable bonds is 2. The van der Waals surface area contributed by atoms with Gasteiger partial charge in [0, 0.05) is 23.7 Å². The first-order chi connectivity index (χ1) is 14.3. The van der Waals surface area contributed by atoms with Gasteiger partial charge in [-0.3, -0.25) is 5.43 Å². The minimum Gasteiger partial charge on any atom is -0.252 e. The van der Waals surface area contributed by atoms with Crippen LogP contribution < -0.4 is 10.9 Å². The van der Waals surface area contributed by atoms with Crippen molar-refractivity contribution in [1.82, 2.24) is 25.4 Å². The molecule has 4 atom stereocenters. The first-order valence-corrected chi connectivity index (χ1v) is 9.69. The van der Waals surface area contributed by atoms with E-state index < -0.39 is 24.1 Å². The van der Waals surface area contributed by atoms with Gasteiger partial charge < -0.3 is 0 Å². The number of benzene rings is 1. The summed E-state index contributed by atoms with van der Waals surface area (Å²) in [6.45, 7) is 0. The molecule has 158 valence electrons. The smallest absolute Gasteiger partial charge is 0.252 e. The summed E-state index contributed by atoms with van der Waals surface area (Å²) in [5.74, 6) is -2.14. The standard InChI is InChI=1S/C20H18F5N5/c21-12-4-1-10(2-5-12)13-7-8-30-18(26-19(29-30)20(23,24)25)16(13)11-3-6-15-14(9-11)17(22)28-27-15/h1-2,4-5,7-8,11,14-15,17,27-28H,3,6,9H2. The maximum atomic E-state index is 14.3. The lowest BCUT2D eigenvalue weighted by atomic mass is 9.74. The molecule has 3 heterocycles. The fraction of sp³-hybridized carbons (Fsp3) is 0.400. The number of alkyl halides is 4. The van der Waals surface area contributed by atoms with Gasteiger partial charge in [-0.15, -0.1) is 5.10 Å². The van der Waals surface area contributed by atoms with E-state index in [0.717, 1.165) is 4.52 Å². The van der Waals surface area contributed by atoms with Gasteiger partial charge in [-0.05, 0) is 54.5 Å². The van der Waals surface area contributed by atoms with Crippen LogP contribution in [-0.4, -0.2) is 26.9 Å². The van der Waals surface area contributed by atoms with Crippen LogP contribution in [-0.2, 0) is 6.18 Å². The van der Waals surface area contributed by atoms with Gasteiger partial charge in [0.05, 0.1) is 0 Å². The third kappa shape index (κ3) is 3.24.